The molecule has 0 radical (unpaired) electrons. The van der Waals surface area contributed by atoms with Crippen molar-refractivity contribution in [2.45, 2.75) is 32.1 Å². The maximum Gasteiger partial charge on any atom is 0.268 e. The number of carbonyl (C=O) groups is 1. The van der Waals surface area contributed by atoms with Crippen LogP contribution >= 0.6 is 0 Å². The molecule has 1 N–H and O–H groups in total. The molecule has 1 saturated heterocycles. The monoisotopic (exact) mass is 386 g/mol. The van der Waals surface area contributed by atoms with Crippen LogP contribution in [0, 0.1) is 5.92 Å². The van der Waals surface area contributed by atoms with Crippen LogP contribution in [-0.2, 0) is 29.5 Å². The van der Waals surface area contributed by atoms with Gasteiger partial charge in [0.05, 0.1) is 18.1 Å². The van der Waals surface area contributed by atoms with Gasteiger partial charge in [-0.25, -0.2) is 8.42 Å². The molecule has 9 heteroatoms. The number of anilines is 1. The van der Waals surface area contributed by atoms with Crippen molar-refractivity contribution in [1.29, 1.82) is 0 Å². The third-order valence-corrected chi connectivity index (χ3v) is 6.22. The van der Waals surface area contributed by atoms with Crippen LogP contribution in [0.4, 0.5) is 5.88 Å². The van der Waals surface area contributed by atoms with Gasteiger partial charge >= 0.3 is 0 Å². The number of nitrogens with one attached hydrogen (secondary N) is 1. The molecular weight excluding hydrogens is 360 g/mol. The smallest absolute Gasteiger partial charge is 0.268 e. The number of hydrogen-bond acceptors (Lipinski definition) is 7. The first kappa shape index (κ1) is 20.6. The van der Waals surface area contributed by atoms with Gasteiger partial charge in [-0.05, 0) is 18.8 Å². The number of hydrogen-bond donors (Lipinski definition) is 1. The molecule has 8 nitrogen and oxygen atoms in total. The van der Waals surface area contributed by atoms with Gasteiger partial charge in [0.25, 0.3) is 5.91 Å². The highest BCUT2D eigenvalue weighted by Gasteiger charge is 2.29. The number of aromatic nitrogens is 1. The summed E-state index contributed by atoms with van der Waals surface area (Å²) in [6.07, 6.45) is 1.32. The molecule has 26 heavy (non-hydrogen) atoms. The predicted octanol–water partition coefficient (Wildman–Crippen LogP) is 1.89. The molecule has 0 aromatic carbocycles. The Bertz CT molecular complexity index is 747. The van der Waals surface area contributed by atoms with Gasteiger partial charge in [0.1, 0.15) is 4.91 Å². The lowest BCUT2D eigenvalue weighted by Gasteiger charge is -2.21. The molecule has 0 unspecified atom stereocenters. The van der Waals surface area contributed by atoms with Crippen LogP contribution in [-0.4, -0.2) is 52.2 Å². The van der Waals surface area contributed by atoms with E-state index in [2.05, 4.69) is 17.1 Å². The molecule has 0 saturated carbocycles. The summed E-state index contributed by atoms with van der Waals surface area (Å²) in [4.78, 5) is 11.8. The van der Waals surface area contributed by atoms with Crippen LogP contribution in [0.1, 0.15) is 32.4 Å². The van der Waals surface area contributed by atoms with Crippen LogP contribution in [0.25, 0.3) is 0 Å². The summed E-state index contributed by atoms with van der Waals surface area (Å²) in [6.45, 7) is 8.78. The van der Waals surface area contributed by atoms with Crippen LogP contribution in [0.15, 0.2) is 22.1 Å². The third kappa shape index (κ3) is 5.15. The van der Waals surface area contributed by atoms with Gasteiger partial charge in [-0.1, -0.05) is 25.6 Å². The molecule has 1 aliphatic rings. The first-order valence-electron chi connectivity index (χ1n) is 8.42. The average molecular weight is 386 g/mol. The van der Waals surface area contributed by atoms with Gasteiger partial charge in [-0.3, -0.25) is 10.1 Å². The van der Waals surface area contributed by atoms with Gasteiger partial charge in [0.15, 0.2) is 9.84 Å². The Morgan fingerprint density at radius 3 is 2.69 bits per heavy atom. The van der Waals surface area contributed by atoms with Crippen molar-refractivity contribution in [2.75, 3.05) is 38.0 Å². The number of amides is 1. The SMILES string of the molecule is C=C(C(=O)Nc1cc(C(C)(C)COC)no1)S(=O)(=O)CC1CCOCC1. The van der Waals surface area contributed by atoms with Crippen LogP contribution in [0.2, 0.25) is 0 Å². The van der Waals surface area contributed by atoms with Gasteiger partial charge in [0.2, 0.25) is 5.88 Å². The van der Waals surface area contributed by atoms with E-state index in [0.717, 1.165) is 0 Å². The van der Waals surface area contributed by atoms with Gasteiger partial charge < -0.3 is 14.0 Å². The average Bonchev–Trinajstić information content (AvgIpc) is 3.04. The Hall–Kier alpha value is -1.71. The van der Waals surface area contributed by atoms with Crippen molar-refractivity contribution < 1.29 is 27.2 Å². The van der Waals surface area contributed by atoms with Crippen molar-refractivity contribution >= 4 is 21.6 Å². The fraction of sp³-hybridized carbons (Fsp3) is 0.647. The van der Waals surface area contributed by atoms with E-state index < -0.39 is 26.1 Å². The van der Waals surface area contributed by atoms with E-state index in [9.17, 15) is 13.2 Å². The largest absolute Gasteiger partial charge is 0.384 e. The Balaban J connectivity index is 2.00. The van der Waals surface area contributed by atoms with Gasteiger partial charge in [-0.2, -0.15) is 0 Å². The summed E-state index contributed by atoms with van der Waals surface area (Å²) in [6, 6.07) is 1.55. The Kier molecular flexibility index (Phi) is 6.59. The number of sulfone groups is 1. The Morgan fingerprint density at radius 2 is 2.08 bits per heavy atom. The molecule has 1 aliphatic heterocycles. The highest BCUT2D eigenvalue weighted by Crippen LogP contribution is 2.26. The molecule has 1 fully saturated rings. The zero-order valence-electron chi connectivity index (χ0n) is 15.4. The maximum absolute atomic E-state index is 12.4. The zero-order valence-corrected chi connectivity index (χ0v) is 16.2. The minimum absolute atomic E-state index is 0.0231. The molecule has 0 atom stereocenters. The molecule has 1 amide bonds. The fourth-order valence-corrected chi connectivity index (χ4v) is 4.22. The maximum atomic E-state index is 12.4. The second-order valence-corrected chi connectivity index (χ2v) is 9.16. The Labute approximate surface area is 153 Å². The molecule has 0 aliphatic carbocycles. The van der Waals surface area contributed by atoms with Crippen molar-refractivity contribution in [1.82, 2.24) is 5.16 Å². The summed E-state index contributed by atoms with van der Waals surface area (Å²) in [5.41, 5.74) is 0.179. The van der Waals surface area contributed by atoms with Crippen molar-refractivity contribution in [3.05, 3.63) is 23.2 Å². The highest BCUT2D eigenvalue weighted by molar-refractivity contribution is 7.96. The van der Waals surface area contributed by atoms with Crippen LogP contribution < -0.4 is 5.32 Å². The summed E-state index contributed by atoms with van der Waals surface area (Å²) in [5.74, 6) is -0.878. The van der Waals surface area contributed by atoms with Crippen molar-refractivity contribution in [3.63, 3.8) is 0 Å². The number of ether oxygens (including phenoxy) is 2. The summed E-state index contributed by atoms with van der Waals surface area (Å²) in [5, 5.41) is 6.32. The first-order chi connectivity index (χ1) is 12.2. The first-order valence-corrected chi connectivity index (χ1v) is 10.1. The van der Waals surface area contributed by atoms with E-state index in [-0.39, 0.29) is 17.6 Å². The predicted molar refractivity (Wildman–Crippen MR) is 96.5 cm³/mol. The van der Waals surface area contributed by atoms with Crippen LogP contribution in [0.3, 0.4) is 0 Å². The lowest BCUT2D eigenvalue weighted by atomic mass is 9.90. The lowest BCUT2D eigenvalue weighted by molar-refractivity contribution is -0.112. The standard InChI is InChI=1S/C17H26N2O6S/c1-12(26(21,22)10-13-5-7-24-8-6-13)16(20)18-15-9-14(19-25-15)17(2,3)11-23-4/h9,13H,1,5-8,10-11H2,2-4H3,(H,18,20). The van der Waals surface area contributed by atoms with Crippen molar-refractivity contribution in [2.24, 2.45) is 5.92 Å². The van der Waals surface area contributed by atoms with E-state index in [1.807, 2.05) is 13.8 Å². The molecule has 146 valence electrons. The zero-order chi connectivity index (χ0) is 19.4. The summed E-state index contributed by atoms with van der Waals surface area (Å²) < 4.78 is 40.3. The molecular formula is C17H26N2O6S. The van der Waals surface area contributed by atoms with E-state index in [1.165, 1.54) is 0 Å². The minimum atomic E-state index is -3.75. The molecule has 1 aromatic heterocycles. The quantitative estimate of drug-likeness (QED) is 0.680. The van der Waals surface area contributed by atoms with Gasteiger partial charge in [-0.15, -0.1) is 0 Å². The molecule has 0 bridgehead atoms. The number of rotatable bonds is 8. The molecule has 2 heterocycles. The van der Waals surface area contributed by atoms with E-state index >= 15 is 0 Å². The third-order valence-electron chi connectivity index (χ3n) is 4.37. The van der Waals surface area contributed by atoms with E-state index in [1.54, 1.807) is 13.2 Å². The second-order valence-electron chi connectivity index (χ2n) is 7.11. The van der Waals surface area contributed by atoms with E-state index in [0.29, 0.717) is 38.4 Å². The molecule has 1 aromatic rings. The lowest BCUT2D eigenvalue weighted by Crippen LogP contribution is -2.28. The highest BCUT2D eigenvalue weighted by atomic mass is 32.2. The Morgan fingerprint density at radius 1 is 1.42 bits per heavy atom. The van der Waals surface area contributed by atoms with Crippen LogP contribution in [0.5, 0.6) is 0 Å². The second kappa shape index (κ2) is 8.32. The summed E-state index contributed by atoms with van der Waals surface area (Å²) in [7, 11) is -2.17. The normalized spacial score (nSPS) is 16.4. The summed E-state index contributed by atoms with van der Waals surface area (Å²) >= 11 is 0. The van der Waals surface area contributed by atoms with Gasteiger partial charge in [0, 0.05) is 31.8 Å². The number of nitrogens with zero attached hydrogens (tertiary/aromatic N) is 1. The number of carbonyl (C=O) groups excluding carboxylic acids is 1. The fourth-order valence-electron chi connectivity index (χ4n) is 2.73. The van der Waals surface area contributed by atoms with Crippen molar-refractivity contribution in [3.8, 4) is 0 Å². The van der Waals surface area contributed by atoms with E-state index in [4.69, 9.17) is 14.0 Å². The minimum Gasteiger partial charge on any atom is -0.384 e. The number of methoxy groups -OCH3 is 1. The molecule has 0 spiro atoms. The molecule has 2 rings (SSSR count). The topological polar surface area (TPSA) is 108 Å².